The zero-order valence-corrected chi connectivity index (χ0v) is 31.5. The van der Waals surface area contributed by atoms with Gasteiger partial charge in [0.15, 0.2) is 0 Å². The zero-order valence-electron chi connectivity index (χ0n) is 27.0. The van der Waals surface area contributed by atoms with Gasteiger partial charge in [0, 0.05) is 30.1 Å². The highest BCUT2D eigenvalue weighted by molar-refractivity contribution is 6.33. The third-order valence-corrected chi connectivity index (χ3v) is 11.9. The molecule has 0 radical (unpaired) electrons. The molecule has 6 aromatic rings. The molecule has 2 fully saturated rings. The molecular weight excluding hydrogens is 773 g/mol. The van der Waals surface area contributed by atoms with Crippen LogP contribution in [0.2, 0.25) is 30.1 Å². The summed E-state index contributed by atoms with van der Waals surface area (Å²) >= 11 is 39.5. The van der Waals surface area contributed by atoms with Crippen LogP contribution in [0.25, 0.3) is 45.6 Å². The number of epoxide rings is 1. The highest BCUT2D eigenvalue weighted by Crippen LogP contribution is 2.64. The van der Waals surface area contributed by atoms with Crippen LogP contribution >= 0.6 is 69.6 Å². The smallest absolute Gasteiger partial charge is 0.147 e. The van der Waals surface area contributed by atoms with E-state index in [0.29, 0.717) is 36.7 Å². The Hall–Kier alpha value is -3.54. The summed E-state index contributed by atoms with van der Waals surface area (Å²) < 4.78 is 13.5. The fraction of sp³-hybridized carbons (Fsp3) is 0.0909. The average Bonchev–Trinajstić information content (AvgIpc) is 3.47. The summed E-state index contributed by atoms with van der Waals surface area (Å²) in [6.45, 7) is 0.358. The van der Waals surface area contributed by atoms with E-state index in [-0.39, 0.29) is 12.2 Å². The standard InChI is InChI=1S/C44H24Cl6O2/c45-24-5-1-22(2-6-24)13-32-34-15-26(47)9-11-30(34)40-36(32)17-28(49)19-38(40)42-43-44(52-43,21-51-42)39-20-29(50)18-37-33(14-23-3-7-25(46)8-4-23)35-16-27(48)10-12-31(35)41(37)39/h1-20,42-43H,21H2/b32-13-,33-14-/t42-,43-,44-/m1/s1. The van der Waals surface area contributed by atoms with Crippen LogP contribution in [0.3, 0.4) is 0 Å². The van der Waals surface area contributed by atoms with Crippen molar-refractivity contribution in [2.45, 2.75) is 17.8 Å². The highest BCUT2D eigenvalue weighted by Gasteiger charge is 2.68. The number of fused-ring (bicyclic) bond motifs is 7. The van der Waals surface area contributed by atoms with Crippen molar-refractivity contribution >= 4 is 92.9 Å². The predicted octanol–water partition coefficient (Wildman–Crippen LogP) is 14.1. The van der Waals surface area contributed by atoms with E-state index in [9.17, 15) is 0 Å². The van der Waals surface area contributed by atoms with E-state index >= 15 is 0 Å². The number of hydrogen-bond acceptors (Lipinski definition) is 2. The lowest BCUT2D eigenvalue weighted by Crippen LogP contribution is -2.14. The molecule has 2 saturated heterocycles. The van der Waals surface area contributed by atoms with Crippen molar-refractivity contribution in [3.05, 3.63) is 184 Å². The van der Waals surface area contributed by atoms with Crippen molar-refractivity contribution in [1.82, 2.24) is 0 Å². The van der Waals surface area contributed by atoms with E-state index in [1.165, 1.54) is 0 Å². The Morgan fingerprint density at radius 3 is 1.52 bits per heavy atom. The van der Waals surface area contributed by atoms with Crippen molar-refractivity contribution in [2.24, 2.45) is 0 Å². The van der Waals surface area contributed by atoms with E-state index in [1.54, 1.807) is 0 Å². The van der Waals surface area contributed by atoms with E-state index in [0.717, 1.165) is 77.9 Å². The van der Waals surface area contributed by atoms with Crippen LogP contribution in [0.1, 0.15) is 50.6 Å². The monoisotopic (exact) mass is 794 g/mol. The minimum Gasteiger partial charge on any atom is -0.367 e. The minimum absolute atomic E-state index is 0.266. The molecule has 0 unspecified atom stereocenters. The zero-order chi connectivity index (χ0) is 35.5. The third kappa shape index (κ3) is 5.23. The van der Waals surface area contributed by atoms with Gasteiger partial charge in [-0.3, -0.25) is 0 Å². The molecule has 6 aromatic carbocycles. The quantitative estimate of drug-likeness (QED) is 0.166. The van der Waals surface area contributed by atoms with Gasteiger partial charge < -0.3 is 9.47 Å². The molecule has 8 heteroatoms. The molecule has 0 spiro atoms. The molecule has 0 bridgehead atoms. The molecule has 2 heterocycles. The summed E-state index contributed by atoms with van der Waals surface area (Å²) in [4.78, 5) is 0. The van der Waals surface area contributed by atoms with Crippen LogP contribution < -0.4 is 0 Å². The molecule has 2 aliphatic heterocycles. The van der Waals surface area contributed by atoms with Crippen molar-refractivity contribution in [3.8, 4) is 22.3 Å². The number of halogens is 6. The van der Waals surface area contributed by atoms with Gasteiger partial charge in [0.25, 0.3) is 0 Å². The third-order valence-electron chi connectivity index (χ3n) is 10.5. The summed E-state index contributed by atoms with van der Waals surface area (Å²) in [5.74, 6) is 0. The van der Waals surface area contributed by atoms with E-state index < -0.39 is 5.60 Å². The Morgan fingerprint density at radius 2 is 0.962 bits per heavy atom. The Labute approximate surface area is 330 Å². The maximum Gasteiger partial charge on any atom is 0.147 e. The molecule has 0 N–H and O–H groups in total. The van der Waals surface area contributed by atoms with Crippen LogP contribution in [-0.2, 0) is 15.1 Å². The summed E-state index contributed by atoms with van der Waals surface area (Å²) in [5, 5.41) is 3.91. The van der Waals surface area contributed by atoms with E-state index in [1.807, 2.05) is 97.1 Å². The van der Waals surface area contributed by atoms with E-state index in [4.69, 9.17) is 79.1 Å². The fourth-order valence-corrected chi connectivity index (χ4v) is 9.28. The molecule has 10 rings (SSSR count). The summed E-state index contributed by atoms with van der Waals surface area (Å²) in [5.41, 5.74) is 13.8. The first-order valence-electron chi connectivity index (χ1n) is 16.7. The second-order valence-electron chi connectivity index (χ2n) is 13.6. The Morgan fingerprint density at radius 1 is 0.481 bits per heavy atom. The lowest BCUT2D eigenvalue weighted by atomic mass is 9.86. The fourth-order valence-electron chi connectivity index (χ4n) is 8.24. The second kappa shape index (κ2) is 12.2. The normalized spacial score (nSPS) is 22.0. The van der Waals surface area contributed by atoms with Crippen molar-refractivity contribution in [2.75, 3.05) is 6.61 Å². The highest BCUT2D eigenvalue weighted by atomic mass is 35.5. The number of ether oxygens (including phenoxy) is 2. The van der Waals surface area contributed by atoms with Gasteiger partial charge >= 0.3 is 0 Å². The number of hydrogen-bond donors (Lipinski definition) is 0. The average molecular weight is 797 g/mol. The SMILES string of the molecule is Clc1ccc(/C=C2/c3cc(Cl)ccc3-c3c2cc(Cl)cc3[C@H]2OC[C@]3(c4cc(Cl)cc5c4-c4ccc(Cl)cc4/C5=C/c4ccc(Cl)cc4)O[C@H]23)cc1. The largest absolute Gasteiger partial charge is 0.367 e. The van der Waals surface area contributed by atoms with Gasteiger partial charge in [-0.1, -0.05) is 106 Å². The van der Waals surface area contributed by atoms with Crippen LogP contribution in [0.5, 0.6) is 0 Å². The van der Waals surface area contributed by atoms with Crippen molar-refractivity contribution in [1.29, 1.82) is 0 Å². The summed E-state index contributed by atoms with van der Waals surface area (Å²) in [6, 6.07) is 35.7. The molecule has 2 aliphatic carbocycles. The van der Waals surface area contributed by atoms with Crippen LogP contribution in [0.4, 0.5) is 0 Å². The van der Waals surface area contributed by atoms with Crippen LogP contribution in [-0.4, -0.2) is 12.7 Å². The first kappa shape index (κ1) is 33.1. The van der Waals surface area contributed by atoms with Crippen molar-refractivity contribution < 1.29 is 9.47 Å². The first-order valence-corrected chi connectivity index (χ1v) is 19.0. The molecule has 0 aromatic heterocycles. The van der Waals surface area contributed by atoms with Crippen LogP contribution in [0.15, 0.2) is 109 Å². The van der Waals surface area contributed by atoms with Gasteiger partial charge in [-0.05, 0) is 163 Å². The van der Waals surface area contributed by atoms with Gasteiger partial charge in [0.2, 0.25) is 0 Å². The Bertz CT molecular complexity index is 2570. The predicted molar refractivity (Wildman–Crippen MR) is 216 cm³/mol. The number of benzene rings is 6. The van der Waals surface area contributed by atoms with Gasteiger partial charge in [-0.25, -0.2) is 0 Å². The van der Waals surface area contributed by atoms with Gasteiger partial charge in [-0.15, -0.1) is 0 Å². The lowest BCUT2D eigenvalue weighted by Gasteiger charge is -2.18. The minimum atomic E-state index is -0.703. The summed E-state index contributed by atoms with van der Waals surface area (Å²) in [7, 11) is 0. The van der Waals surface area contributed by atoms with Gasteiger partial charge in [0.1, 0.15) is 17.8 Å². The molecule has 2 nitrogen and oxygen atoms in total. The maximum absolute atomic E-state index is 6.95. The lowest BCUT2D eigenvalue weighted by molar-refractivity contribution is 0.00851. The molecule has 0 amide bonds. The second-order valence-corrected chi connectivity index (χ2v) is 16.2. The van der Waals surface area contributed by atoms with Crippen LogP contribution in [0, 0.1) is 0 Å². The molecule has 254 valence electrons. The van der Waals surface area contributed by atoms with E-state index in [2.05, 4.69) is 24.3 Å². The topological polar surface area (TPSA) is 21.8 Å². The molecule has 3 atom stereocenters. The van der Waals surface area contributed by atoms with Crippen molar-refractivity contribution in [3.63, 3.8) is 0 Å². The maximum atomic E-state index is 6.95. The molecule has 52 heavy (non-hydrogen) atoms. The molecule has 4 aliphatic rings. The Kier molecular flexibility index (Phi) is 7.79. The molecular formula is C44H24Cl6O2. The molecule has 0 saturated carbocycles. The first-order chi connectivity index (χ1) is 25.2. The number of rotatable bonds is 4. The Balaban J connectivity index is 1.10. The summed E-state index contributed by atoms with van der Waals surface area (Å²) in [6.07, 6.45) is 3.66. The van der Waals surface area contributed by atoms with Gasteiger partial charge in [-0.2, -0.15) is 0 Å². The van der Waals surface area contributed by atoms with Gasteiger partial charge in [0.05, 0.1) is 6.61 Å².